The van der Waals surface area contributed by atoms with Crippen LogP contribution in [0.5, 0.6) is 0 Å². The summed E-state index contributed by atoms with van der Waals surface area (Å²) < 4.78 is 7.06. The van der Waals surface area contributed by atoms with Crippen LogP contribution in [-0.2, 0) is 10.5 Å². The number of nitrogens with zero attached hydrogens (tertiary/aromatic N) is 3. The number of imidazole rings is 1. The molecule has 2 aromatic heterocycles. The van der Waals surface area contributed by atoms with Crippen LogP contribution in [0.3, 0.4) is 0 Å². The minimum absolute atomic E-state index is 0.0414. The van der Waals surface area contributed by atoms with Crippen molar-refractivity contribution in [1.29, 1.82) is 0 Å². The molecule has 0 unspecified atom stereocenters. The average molecular weight is 311 g/mol. The molecule has 10 heteroatoms. The second-order valence-corrected chi connectivity index (χ2v) is 5.21. The summed E-state index contributed by atoms with van der Waals surface area (Å²) in [7, 11) is 0. The standard InChI is InChI=1S/C12H17N5O5/c1-2-12(8(20)7(19)5(3-18)22-12)17-4-14-6-9(17)15-11(13)16-10(6)21/h4-5,7-8,18-20H,2-3H2,1H3,(H3,13,15,16,21)/t5-,7-,8-,12-/m1/s1. The molecular weight excluding hydrogens is 294 g/mol. The monoisotopic (exact) mass is 311 g/mol. The summed E-state index contributed by atoms with van der Waals surface area (Å²) in [5, 5.41) is 29.7. The number of aromatic amines is 1. The lowest BCUT2D eigenvalue weighted by atomic mass is 10.00. The topological polar surface area (TPSA) is 160 Å². The van der Waals surface area contributed by atoms with Crippen LogP contribution in [0, 0.1) is 0 Å². The maximum Gasteiger partial charge on any atom is 0.280 e. The minimum Gasteiger partial charge on any atom is -0.394 e. The summed E-state index contributed by atoms with van der Waals surface area (Å²) in [6, 6.07) is 0. The Labute approximate surface area is 124 Å². The van der Waals surface area contributed by atoms with Crippen LogP contribution in [0.15, 0.2) is 11.1 Å². The van der Waals surface area contributed by atoms with Gasteiger partial charge in [-0.2, -0.15) is 4.98 Å². The molecule has 10 nitrogen and oxygen atoms in total. The van der Waals surface area contributed by atoms with Gasteiger partial charge in [-0.05, 0) is 6.42 Å². The number of anilines is 1. The molecule has 120 valence electrons. The first-order chi connectivity index (χ1) is 10.4. The van der Waals surface area contributed by atoms with E-state index in [2.05, 4.69) is 15.0 Å². The van der Waals surface area contributed by atoms with E-state index in [1.54, 1.807) is 6.92 Å². The van der Waals surface area contributed by atoms with Gasteiger partial charge in [0.05, 0.1) is 12.9 Å². The van der Waals surface area contributed by atoms with Crippen molar-refractivity contribution < 1.29 is 20.1 Å². The van der Waals surface area contributed by atoms with Crippen LogP contribution in [-0.4, -0.2) is 59.8 Å². The molecule has 4 atom stereocenters. The highest BCUT2D eigenvalue weighted by Crippen LogP contribution is 2.39. The van der Waals surface area contributed by atoms with E-state index in [1.165, 1.54) is 10.9 Å². The lowest BCUT2D eigenvalue weighted by Gasteiger charge is -2.32. The van der Waals surface area contributed by atoms with Crippen LogP contribution < -0.4 is 11.3 Å². The van der Waals surface area contributed by atoms with E-state index < -0.39 is 36.2 Å². The SMILES string of the molecule is CC[C@@]1(n2cnc3c(=O)[nH]c(N)nc32)O[C@H](CO)[C@@H](O)[C@H]1O. The van der Waals surface area contributed by atoms with Crippen molar-refractivity contribution in [2.45, 2.75) is 37.4 Å². The Morgan fingerprint density at radius 3 is 2.86 bits per heavy atom. The normalized spacial score (nSPS) is 31.9. The van der Waals surface area contributed by atoms with E-state index in [0.717, 1.165) is 0 Å². The van der Waals surface area contributed by atoms with Gasteiger partial charge in [-0.3, -0.25) is 14.3 Å². The van der Waals surface area contributed by atoms with E-state index in [-0.39, 0.29) is 23.5 Å². The smallest absolute Gasteiger partial charge is 0.280 e. The van der Waals surface area contributed by atoms with E-state index in [0.29, 0.717) is 0 Å². The van der Waals surface area contributed by atoms with E-state index >= 15 is 0 Å². The fraction of sp³-hybridized carbons (Fsp3) is 0.583. The number of aliphatic hydroxyl groups excluding tert-OH is 3. The Morgan fingerprint density at radius 1 is 1.55 bits per heavy atom. The number of aromatic nitrogens is 4. The Kier molecular flexibility index (Phi) is 3.40. The number of nitrogen functional groups attached to an aromatic ring is 1. The number of fused-ring (bicyclic) bond motifs is 1. The number of nitrogens with two attached hydrogens (primary N) is 1. The second-order valence-electron chi connectivity index (χ2n) is 5.21. The molecule has 0 aromatic carbocycles. The molecule has 0 saturated carbocycles. The van der Waals surface area contributed by atoms with Crippen molar-refractivity contribution in [2.24, 2.45) is 0 Å². The fourth-order valence-electron chi connectivity index (χ4n) is 2.88. The molecule has 2 aromatic rings. The molecule has 1 fully saturated rings. The third kappa shape index (κ3) is 1.85. The molecule has 3 heterocycles. The zero-order chi connectivity index (χ0) is 16.1. The number of hydrogen-bond acceptors (Lipinski definition) is 8. The molecule has 1 aliphatic rings. The number of nitrogens with one attached hydrogen (secondary N) is 1. The summed E-state index contributed by atoms with van der Waals surface area (Å²) in [4.78, 5) is 22.2. The quantitative estimate of drug-likeness (QED) is 0.430. The van der Waals surface area contributed by atoms with Crippen LogP contribution in [0.4, 0.5) is 5.95 Å². The van der Waals surface area contributed by atoms with Crippen molar-refractivity contribution in [3.05, 3.63) is 16.7 Å². The predicted molar refractivity (Wildman–Crippen MR) is 74.8 cm³/mol. The molecule has 0 amide bonds. The molecule has 6 N–H and O–H groups in total. The van der Waals surface area contributed by atoms with Gasteiger partial charge in [0.25, 0.3) is 5.56 Å². The molecular formula is C12H17N5O5. The summed E-state index contributed by atoms with van der Waals surface area (Å²) in [5.74, 6) is -0.0998. The molecule has 0 radical (unpaired) electrons. The van der Waals surface area contributed by atoms with Crippen molar-refractivity contribution in [3.63, 3.8) is 0 Å². The average Bonchev–Trinajstić information content (AvgIpc) is 3.01. The van der Waals surface area contributed by atoms with Crippen molar-refractivity contribution in [1.82, 2.24) is 19.5 Å². The van der Waals surface area contributed by atoms with Gasteiger partial charge in [-0.25, -0.2) is 4.98 Å². The minimum atomic E-state index is -1.39. The summed E-state index contributed by atoms with van der Waals surface area (Å²) in [6.07, 6.45) is -2.00. The first kappa shape index (κ1) is 14.9. The number of aliphatic hydroxyl groups is 3. The van der Waals surface area contributed by atoms with Crippen LogP contribution in [0.2, 0.25) is 0 Å². The molecule has 1 aliphatic heterocycles. The Morgan fingerprint density at radius 2 is 2.27 bits per heavy atom. The largest absolute Gasteiger partial charge is 0.394 e. The maximum atomic E-state index is 11.8. The first-order valence-electron chi connectivity index (χ1n) is 6.82. The first-order valence-corrected chi connectivity index (χ1v) is 6.82. The van der Waals surface area contributed by atoms with Gasteiger partial charge in [0.1, 0.15) is 18.3 Å². The predicted octanol–water partition coefficient (Wildman–Crippen LogP) is -2.12. The van der Waals surface area contributed by atoms with Crippen LogP contribution >= 0.6 is 0 Å². The fourth-order valence-corrected chi connectivity index (χ4v) is 2.88. The van der Waals surface area contributed by atoms with E-state index in [9.17, 15) is 20.1 Å². The molecule has 1 saturated heterocycles. The van der Waals surface area contributed by atoms with Crippen molar-refractivity contribution in [3.8, 4) is 0 Å². The van der Waals surface area contributed by atoms with Gasteiger partial charge < -0.3 is 25.8 Å². The van der Waals surface area contributed by atoms with Crippen LogP contribution in [0.25, 0.3) is 11.2 Å². The zero-order valence-electron chi connectivity index (χ0n) is 11.8. The van der Waals surface area contributed by atoms with Gasteiger partial charge in [0.15, 0.2) is 16.9 Å². The Bertz CT molecular complexity index is 758. The second kappa shape index (κ2) is 5.02. The van der Waals surface area contributed by atoms with Gasteiger partial charge in [0, 0.05) is 0 Å². The van der Waals surface area contributed by atoms with Gasteiger partial charge >= 0.3 is 0 Å². The molecule has 0 spiro atoms. The Balaban J connectivity index is 2.22. The molecule has 22 heavy (non-hydrogen) atoms. The summed E-state index contributed by atoms with van der Waals surface area (Å²) >= 11 is 0. The van der Waals surface area contributed by atoms with Crippen LogP contribution in [0.1, 0.15) is 13.3 Å². The lowest BCUT2D eigenvalue weighted by molar-refractivity contribution is -0.147. The third-order valence-electron chi connectivity index (χ3n) is 4.04. The molecule has 3 rings (SSSR count). The number of ether oxygens (including phenoxy) is 1. The zero-order valence-corrected chi connectivity index (χ0v) is 11.8. The highest BCUT2D eigenvalue weighted by molar-refractivity contribution is 5.70. The van der Waals surface area contributed by atoms with E-state index in [4.69, 9.17) is 10.5 Å². The maximum absolute atomic E-state index is 11.8. The van der Waals surface area contributed by atoms with E-state index in [1.807, 2.05) is 0 Å². The number of H-pyrrole nitrogens is 1. The van der Waals surface area contributed by atoms with Gasteiger partial charge in [-0.1, -0.05) is 6.92 Å². The number of rotatable bonds is 3. The van der Waals surface area contributed by atoms with Crippen molar-refractivity contribution >= 4 is 17.1 Å². The molecule has 0 aliphatic carbocycles. The van der Waals surface area contributed by atoms with Gasteiger partial charge in [-0.15, -0.1) is 0 Å². The van der Waals surface area contributed by atoms with Gasteiger partial charge in [0.2, 0.25) is 5.95 Å². The van der Waals surface area contributed by atoms with Crippen molar-refractivity contribution in [2.75, 3.05) is 12.3 Å². The highest BCUT2D eigenvalue weighted by atomic mass is 16.6. The lowest BCUT2D eigenvalue weighted by Crippen LogP contribution is -2.45. The number of hydrogen-bond donors (Lipinski definition) is 5. The molecule has 0 bridgehead atoms. The third-order valence-corrected chi connectivity index (χ3v) is 4.04. The Hall–Kier alpha value is -2.01. The summed E-state index contributed by atoms with van der Waals surface area (Å²) in [5.41, 5.74) is 3.82. The summed E-state index contributed by atoms with van der Waals surface area (Å²) in [6.45, 7) is 1.28. The highest BCUT2D eigenvalue weighted by Gasteiger charge is 2.54.